The molecule has 1 unspecified atom stereocenters. The minimum Gasteiger partial charge on any atom is -0.278 e. The van der Waals surface area contributed by atoms with Crippen molar-refractivity contribution >= 4 is 17.8 Å². The molecule has 0 spiro atoms. The van der Waals surface area contributed by atoms with Crippen molar-refractivity contribution in [3.8, 4) is 0 Å². The van der Waals surface area contributed by atoms with Gasteiger partial charge in [-0.3, -0.25) is 19.7 Å². The van der Waals surface area contributed by atoms with Crippen LogP contribution in [-0.4, -0.2) is 28.3 Å². The van der Waals surface area contributed by atoms with Crippen molar-refractivity contribution in [1.29, 1.82) is 0 Å². The number of aryl methyl sites for hydroxylation is 1. The number of hydrogen-bond acceptors (Lipinski definition) is 3. The van der Waals surface area contributed by atoms with Gasteiger partial charge in [0, 0.05) is 31.3 Å². The van der Waals surface area contributed by atoms with Gasteiger partial charge in [0.2, 0.25) is 5.91 Å². The predicted molar refractivity (Wildman–Crippen MR) is 65.2 cm³/mol. The molecule has 0 aromatic carbocycles. The Kier molecular flexibility index (Phi) is 2.57. The SMILES string of the molecule is CC1CCn2nc(N3CCC(=O)NC3=O)cc2C1. The van der Waals surface area contributed by atoms with Gasteiger partial charge in [0.15, 0.2) is 5.82 Å². The Morgan fingerprint density at radius 1 is 1.39 bits per heavy atom. The van der Waals surface area contributed by atoms with Crippen molar-refractivity contribution in [2.24, 2.45) is 5.92 Å². The van der Waals surface area contributed by atoms with Crippen LogP contribution in [0, 0.1) is 5.92 Å². The van der Waals surface area contributed by atoms with Crippen LogP contribution in [0.15, 0.2) is 6.07 Å². The van der Waals surface area contributed by atoms with Crippen molar-refractivity contribution < 1.29 is 9.59 Å². The summed E-state index contributed by atoms with van der Waals surface area (Å²) in [5.74, 6) is 1.11. The van der Waals surface area contributed by atoms with Crippen molar-refractivity contribution in [3.05, 3.63) is 11.8 Å². The van der Waals surface area contributed by atoms with Crippen molar-refractivity contribution in [2.75, 3.05) is 11.4 Å². The third kappa shape index (κ3) is 1.87. The molecule has 3 rings (SSSR count). The number of carbonyl (C=O) groups excluding carboxylic acids is 2. The average Bonchev–Trinajstić information content (AvgIpc) is 2.71. The van der Waals surface area contributed by atoms with Gasteiger partial charge in [-0.2, -0.15) is 5.10 Å². The molecule has 1 aromatic rings. The molecular formula is C12H16N4O2. The highest BCUT2D eigenvalue weighted by Gasteiger charge is 2.27. The quantitative estimate of drug-likeness (QED) is 0.803. The Morgan fingerprint density at radius 2 is 2.22 bits per heavy atom. The van der Waals surface area contributed by atoms with E-state index in [0.29, 0.717) is 24.7 Å². The van der Waals surface area contributed by atoms with Gasteiger partial charge in [0.25, 0.3) is 0 Å². The van der Waals surface area contributed by atoms with E-state index in [2.05, 4.69) is 17.3 Å². The number of anilines is 1. The van der Waals surface area contributed by atoms with Crippen LogP contribution >= 0.6 is 0 Å². The summed E-state index contributed by atoms with van der Waals surface area (Å²) in [6.45, 7) is 3.55. The minimum absolute atomic E-state index is 0.214. The maximum atomic E-state index is 11.7. The average molecular weight is 248 g/mol. The van der Waals surface area contributed by atoms with Crippen molar-refractivity contribution in [2.45, 2.75) is 32.7 Å². The molecule has 2 aliphatic heterocycles. The first-order chi connectivity index (χ1) is 8.63. The highest BCUT2D eigenvalue weighted by Crippen LogP contribution is 2.24. The molecule has 2 aliphatic rings. The number of aromatic nitrogens is 2. The maximum absolute atomic E-state index is 11.7. The fraction of sp³-hybridized carbons (Fsp3) is 0.583. The molecule has 1 atom stereocenters. The third-order valence-electron chi connectivity index (χ3n) is 3.57. The summed E-state index contributed by atoms with van der Waals surface area (Å²) in [4.78, 5) is 24.4. The van der Waals surface area contributed by atoms with E-state index < -0.39 is 0 Å². The Balaban J connectivity index is 1.85. The molecule has 0 radical (unpaired) electrons. The smallest absolute Gasteiger partial charge is 0.278 e. The maximum Gasteiger partial charge on any atom is 0.329 e. The molecule has 1 saturated heterocycles. The van der Waals surface area contributed by atoms with Crippen molar-refractivity contribution in [1.82, 2.24) is 15.1 Å². The van der Waals surface area contributed by atoms with E-state index in [0.717, 1.165) is 19.4 Å². The van der Waals surface area contributed by atoms with Crippen LogP contribution < -0.4 is 10.2 Å². The summed E-state index contributed by atoms with van der Waals surface area (Å²) >= 11 is 0. The second-order valence-corrected chi connectivity index (χ2v) is 5.07. The zero-order valence-corrected chi connectivity index (χ0v) is 10.3. The van der Waals surface area contributed by atoms with Crippen LogP contribution in [0.1, 0.15) is 25.5 Å². The van der Waals surface area contributed by atoms with Gasteiger partial charge in [-0.25, -0.2) is 4.79 Å². The monoisotopic (exact) mass is 248 g/mol. The first-order valence-electron chi connectivity index (χ1n) is 6.31. The first kappa shape index (κ1) is 11.3. The fourth-order valence-electron chi connectivity index (χ4n) is 2.51. The van der Waals surface area contributed by atoms with Crippen LogP contribution in [-0.2, 0) is 17.8 Å². The lowest BCUT2D eigenvalue weighted by Crippen LogP contribution is -2.49. The largest absolute Gasteiger partial charge is 0.329 e. The molecule has 3 heterocycles. The van der Waals surface area contributed by atoms with E-state index >= 15 is 0 Å². The van der Waals surface area contributed by atoms with Gasteiger partial charge >= 0.3 is 6.03 Å². The van der Waals surface area contributed by atoms with Gasteiger partial charge in [-0.05, 0) is 18.8 Å². The summed E-state index contributed by atoms with van der Waals surface area (Å²) in [7, 11) is 0. The van der Waals surface area contributed by atoms with E-state index in [9.17, 15) is 9.59 Å². The lowest BCUT2D eigenvalue weighted by molar-refractivity contribution is -0.120. The number of hydrogen-bond donors (Lipinski definition) is 1. The second kappa shape index (κ2) is 4.12. The topological polar surface area (TPSA) is 67.2 Å². The summed E-state index contributed by atoms with van der Waals surface area (Å²) in [6, 6.07) is 1.60. The van der Waals surface area contributed by atoms with E-state index in [4.69, 9.17) is 0 Å². The van der Waals surface area contributed by atoms with Crippen LogP contribution in [0.4, 0.5) is 10.6 Å². The minimum atomic E-state index is -0.366. The molecule has 18 heavy (non-hydrogen) atoms. The number of nitrogens with zero attached hydrogens (tertiary/aromatic N) is 3. The molecule has 0 aliphatic carbocycles. The lowest BCUT2D eigenvalue weighted by Gasteiger charge is -2.24. The molecular weight excluding hydrogens is 232 g/mol. The molecule has 0 saturated carbocycles. The number of amides is 3. The number of urea groups is 1. The molecule has 1 fully saturated rings. The van der Waals surface area contributed by atoms with E-state index in [-0.39, 0.29) is 11.9 Å². The number of carbonyl (C=O) groups is 2. The summed E-state index contributed by atoms with van der Waals surface area (Å²) < 4.78 is 1.97. The normalized spacial score (nSPS) is 23.8. The number of imide groups is 1. The molecule has 1 N–H and O–H groups in total. The molecule has 1 aromatic heterocycles. The lowest BCUT2D eigenvalue weighted by atomic mass is 9.99. The highest BCUT2D eigenvalue weighted by atomic mass is 16.2. The Morgan fingerprint density at radius 3 is 3.00 bits per heavy atom. The zero-order chi connectivity index (χ0) is 12.7. The van der Waals surface area contributed by atoms with Crippen LogP contribution in [0.25, 0.3) is 0 Å². The predicted octanol–water partition coefficient (Wildman–Crippen LogP) is 0.912. The van der Waals surface area contributed by atoms with E-state index in [1.54, 1.807) is 0 Å². The fourth-order valence-corrected chi connectivity index (χ4v) is 2.51. The number of rotatable bonds is 1. The first-order valence-corrected chi connectivity index (χ1v) is 6.31. The Bertz CT molecular complexity index is 508. The molecule has 3 amide bonds. The second-order valence-electron chi connectivity index (χ2n) is 5.07. The third-order valence-corrected chi connectivity index (χ3v) is 3.57. The summed E-state index contributed by atoms with van der Waals surface area (Å²) in [6.07, 6.45) is 2.46. The molecule has 0 bridgehead atoms. The Labute approximate surface area is 105 Å². The van der Waals surface area contributed by atoms with Crippen LogP contribution in [0.5, 0.6) is 0 Å². The summed E-state index contributed by atoms with van der Waals surface area (Å²) in [5, 5.41) is 6.77. The van der Waals surface area contributed by atoms with Crippen LogP contribution in [0.2, 0.25) is 0 Å². The van der Waals surface area contributed by atoms with Gasteiger partial charge in [0.1, 0.15) is 0 Å². The highest BCUT2D eigenvalue weighted by molar-refractivity contribution is 6.05. The number of nitrogens with one attached hydrogen (secondary N) is 1. The van der Waals surface area contributed by atoms with Gasteiger partial charge in [0.05, 0.1) is 0 Å². The van der Waals surface area contributed by atoms with Crippen LogP contribution in [0.3, 0.4) is 0 Å². The zero-order valence-electron chi connectivity index (χ0n) is 10.3. The van der Waals surface area contributed by atoms with Gasteiger partial charge < -0.3 is 0 Å². The molecule has 96 valence electrons. The Hall–Kier alpha value is -1.85. The summed E-state index contributed by atoms with van der Waals surface area (Å²) in [5.41, 5.74) is 1.17. The van der Waals surface area contributed by atoms with Crippen molar-refractivity contribution in [3.63, 3.8) is 0 Å². The van der Waals surface area contributed by atoms with E-state index in [1.807, 2.05) is 10.7 Å². The standard InChI is InChI=1S/C12H16N4O2/c1-8-2-5-16-9(6-8)7-10(14-16)15-4-3-11(17)13-12(15)18/h7-8H,2-6H2,1H3,(H,13,17,18). The van der Waals surface area contributed by atoms with Gasteiger partial charge in [-0.15, -0.1) is 0 Å². The molecule has 6 heteroatoms. The molecule has 6 nitrogen and oxygen atoms in total. The van der Waals surface area contributed by atoms with Gasteiger partial charge in [-0.1, -0.05) is 6.92 Å². The number of fused-ring (bicyclic) bond motifs is 1. The van der Waals surface area contributed by atoms with E-state index in [1.165, 1.54) is 10.6 Å².